The van der Waals surface area contributed by atoms with Crippen molar-refractivity contribution in [2.24, 2.45) is 0 Å². The van der Waals surface area contributed by atoms with E-state index in [1.165, 1.54) is 16.8 Å². The second-order valence-corrected chi connectivity index (χ2v) is 7.58. The maximum absolute atomic E-state index is 12.2. The molecule has 0 amide bonds. The fraction of sp³-hybridized carbons (Fsp3) is 0.333. The topological polar surface area (TPSA) is 45.8 Å². The highest BCUT2D eigenvalue weighted by molar-refractivity contribution is 7.19. The molecular weight excluding hydrogens is 292 g/mol. The van der Waals surface area contributed by atoms with Gasteiger partial charge in [0.1, 0.15) is 4.83 Å². The zero-order valence-corrected chi connectivity index (χ0v) is 14.2. The first-order chi connectivity index (χ1) is 10.4. The van der Waals surface area contributed by atoms with Crippen molar-refractivity contribution in [3.63, 3.8) is 0 Å². The van der Waals surface area contributed by atoms with Crippen molar-refractivity contribution < 1.29 is 0 Å². The van der Waals surface area contributed by atoms with E-state index < -0.39 is 0 Å². The summed E-state index contributed by atoms with van der Waals surface area (Å²) in [5.41, 5.74) is 3.49. The highest BCUT2D eigenvalue weighted by Crippen LogP contribution is 2.37. The van der Waals surface area contributed by atoms with Crippen molar-refractivity contribution >= 4 is 21.6 Å². The average Bonchev–Trinajstić information content (AvgIpc) is 2.86. The summed E-state index contributed by atoms with van der Waals surface area (Å²) in [4.78, 5) is 21.3. The normalized spacial score (nSPS) is 12.0. The van der Waals surface area contributed by atoms with Crippen LogP contribution in [-0.4, -0.2) is 9.97 Å². The van der Waals surface area contributed by atoms with Crippen LogP contribution in [0.25, 0.3) is 21.3 Å². The van der Waals surface area contributed by atoms with Gasteiger partial charge in [-0.15, -0.1) is 11.3 Å². The lowest BCUT2D eigenvalue weighted by molar-refractivity contribution is 0.590. The molecule has 1 N–H and O–H groups in total. The third-order valence-corrected chi connectivity index (χ3v) is 5.17. The number of aromatic nitrogens is 2. The number of nitrogens with zero attached hydrogens (tertiary/aromatic N) is 1. The number of aryl methyl sites for hydroxylation is 1. The minimum atomic E-state index is -0.0594. The molecular formula is C18H20N2OS. The van der Waals surface area contributed by atoms with Crippen LogP contribution in [-0.2, 0) is 11.8 Å². The van der Waals surface area contributed by atoms with Gasteiger partial charge in [0, 0.05) is 10.4 Å². The Labute approximate surface area is 134 Å². The van der Waals surface area contributed by atoms with Gasteiger partial charge in [0.25, 0.3) is 5.56 Å². The monoisotopic (exact) mass is 312 g/mol. The first kappa shape index (κ1) is 15.0. The highest BCUT2D eigenvalue weighted by atomic mass is 32.1. The Hall–Kier alpha value is -1.94. The SMILES string of the molecule is CCc1sc2nc[nH]c(=O)c2c1-c1ccc(C(C)(C)C)cc1. The van der Waals surface area contributed by atoms with Gasteiger partial charge in [-0.25, -0.2) is 4.98 Å². The van der Waals surface area contributed by atoms with E-state index in [-0.39, 0.29) is 11.0 Å². The second-order valence-electron chi connectivity index (χ2n) is 6.49. The Morgan fingerprint density at radius 3 is 2.45 bits per heavy atom. The molecule has 0 saturated carbocycles. The smallest absolute Gasteiger partial charge is 0.260 e. The van der Waals surface area contributed by atoms with Gasteiger partial charge < -0.3 is 4.98 Å². The number of rotatable bonds is 2. The van der Waals surface area contributed by atoms with Crippen LogP contribution in [0.15, 0.2) is 35.4 Å². The van der Waals surface area contributed by atoms with Gasteiger partial charge in [0.15, 0.2) is 0 Å². The van der Waals surface area contributed by atoms with E-state index >= 15 is 0 Å². The molecule has 3 rings (SSSR count). The zero-order chi connectivity index (χ0) is 15.9. The Balaban J connectivity index is 2.23. The fourth-order valence-corrected chi connectivity index (χ4v) is 3.78. The number of benzene rings is 1. The van der Waals surface area contributed by atoms with E-state index in [0.29, 0.717) is 5.39 Å². The molecule has 2 aromatic heterocycles. The summed E-state index contributed by atoms with van der Waals surface area (Å²) in [6.45, 7) is 8.72. The molecule has 3 aromatic rings. The average molecular weight is 312 g/mol. The molecule has 0 atom stereocenters. The van der Waals surface area contributed by atoms with Crippen molar-refractivity contribution in [1.82, 2.24) is 9.97 Å². The summed E-state index contributed by atoms with van der Waals surface area (Å²) in [6.07, 6.45) is 2.38. The van der Waals surface area contributed by atoms with Gasteiger partial charge in [-0.2, -0.15) is 0 Å². The standard InChI is InChI=1S/C18H20N2OS/c1-5-13-14(15-16(21)19-10-20-17(15)22-13)11-6-8-12(9-7-11)18(2,3)4/h6-10H,5H2,1-4H3,(H,19,20,21). The molecule has 0 spiro atoms. The van der Waals surface area contributed by atoms with E-state index in [0.717, 1.165) is 22.4 Å². The number of nitrogens with one attached hydrogen (secondary N) is 1. The molecule has 3 nitrogen and oxygen atoms in total. The Morgan fingerprint density at radius 1 is 1.18 bits per heavy atom. The van der Waals surface area contributed by atoms with Crippen molar-refractivity contribution in [3.8, 4) is 11.1 Å². The van der Waals surface area contributed by atoms with Crippen LogP contribution >= 0.6 is 11.3 Å². The number of hydrogen-bond acceptors (Lipinski definition) is 3. The van der Waals surface area contributed by atoms with Gasteiger partial charge in [-0.05, 0) is 23.0 Å². The summed E-state index contributed by atoms with van der Waals surface area (Å²) < 4.78 is 0. The molecule has 114 valence electrons. The van der Waals surface area contributed by atoms with Crippen LogP contribution in [0.5, 0.6) is 0 Å². The van der Waals surface area contributed by atoms with Gasteiger partial charge in [0.05, 0.1) is 11.7 Å². The van der Waals surface area contributed by atoms with Crippen molar-refractivity contribution in [3.05, 3.63) is 51.4 Å². The number of H-pyrrole nitrogens is 1. The van der Waals surface area contributed by atoms with E-state index in [1.807, 2.05) is 0 Å². The first-order valence-corrected chi connectivity index (χ1v) is 8.33. The number of hydrogen-bond donors (Lipinski definition) is 1. The highest BCUT2D eigenvalue weighted by Gasteiger charge is 2.18. The fourth-order valence-electron chi connectivity index (χ4n) is 2.68. The molecule has 0 aliphatic rings. The van der Waals surface area contributed by atoms with Crippen LogP contribution in [0.2, 0.25) is 0 Å². The largest absolute Gasteiger partial charge is 0.313 e. The van der Waals surface area contributed by atoms with E-state index in [4.69, 9.17) is 0 Å². The van der Waals surface area contributed by atoms with Crippen LogP contribution in [0, 0.1) is 0 Å². The van der Waals surface area contributed by atoms with Crippen LogP contribution < -0.4 is 5.56 Å². The number of thiophene rings is 1. The van der Waals surface area contributed by atoms with Gasteiger partial charge >= 0.3 is 0 Å². The second kappa shape index (κ2) is 5.36. The Morgan fingerprint density at radius 2 is 1.86 bits per heavy atom. The first-order valence-electron chi connectivity index (χ1n) is 7.51. The quantitative estimate of drug-likeness (QED) is 0.756. The molecule has 0 fully saturated rings. The molecule has 0 radical (unpaired) electrons. The molecule has 2 heterocycles. The summed E-state index contributed by atoms with van der Waals surface area (Å²) in [7, 11) is 0. The van der Waals surface area contributed by atoms with Gasteiger partial charge in [-0.3, -0.25) is 4.79 Å². The van der Waals surface area contributed by atoms with Gasteiger partial charge in [0.2, 0.25) is 0 Å². The van der Waals surface area contributed by atoms with Gasteiger partial charge in [-0.1, -0.05) is 52.0 Å². The molecule has 0 aliphatic carbocycles. The maximum Gasteiger partial charge on any atom is 0.260 e. The minimum Gasteiger partial charge on any atom is -0.313 e. The van der Waals surface area contributed by atoms with Crippen molar-refractivity contribution in [2.75, 3.05) is 0 Å². The molecule has 0 saturated heterocycles. The third kappa shape index (κ3) is 2.48. The van der Waals surface area contributed by atoms with E-state index in [9.17, 15) is 4.79 Å². The van der Waals surface area contributed by atoms with E-state index in [1.54, 1.807) is 11.3 Å². The van der Waals surface area contributed by atoms with Crippen molar-refractivity contribution in [2.45, 2.75) is 39.5 Å². The molecule has 22 heavy (non-hydrogen) atoms. The molecule has 0 aliphatic heterocycles. The summed E-state index contributed by atoms with van der Waals surface area (Å²) in [5.74, 6) is 0. The minimum absolute atomic E-state index is 0.0594. The number of aromatic amines is 1. The zero-order valence-electron chi connectivity index (χ0n) is 13.4. The van der Waals surface area contributed by atoms with Crippen LogP contribution in [0.3, 0.4) is 0 Å². The molecule has 4 heteroatoms. The molecule has 0 bridgehead atoms. The van der Waals surface area contributed by atoms with Crippen molar-refractivity contribution in [1.29, 1.82) is 0 Å². The lowest BCUT2D eigenvalue weighted by atomic mass is 9.86. The number of fused-ring (bicyclic) bond motifs is 1. The third-order valence-electron chi connectivity index (χ3n) is 3.93. The van der Waals surface area contributed by atoms with E-state index in [2.05, 4.69) is 61.9 Å². The van der Waals surface area contributed by atoms with Crippen LogP contribution in [0.1, 0.15) is 38.1 Å². The summed E-state index contributed by atoms with van der Waals surface area (Å²) in [5, 5.41) is 0.716. The lowest BCUT2D eigenvalue weighted by Gasteiger charge is -2.19. The summed E-state index contributed by atoms with van der Waals surface area (Å²) >= 11 is 1.61. The lowest BCUT2D eigenvalue weighted by Crippen LogP contribution is -2.10. The maximum atomic E-state index is 12.2. The predicted octanol–water partition coefficient (Wildman–Crippen LogP) is 4.51. The Kier molecular flexibility index (Phi) is 3.65. The predicted molar refractivity (Wildman–Crippen MR) is 93.8 cm³/mol. The molecule has 0 unspecified atom stereocenters. The molecule has 1 aromatic carbocycles. The summed E-state index contributed by atoms with van der Waals surface area (Å²) in [6, 6.07) is 8.55. The Bertz CT molecular complexity index is 867. The van der Waals surface area contributed by atoms with Crippen LogP contribution in [0.4, 0.5) is 0 Å².